The van der Waals surface area contributed by atoms with Crippen LogP contribution >= 0.6 is 0 Å². The fourth-order valence-electron chi connectivity index (χ4n) is 1.79. The molecule has 0 aromatic heterocycles. The zero-order valence-electron chi connectivity index (χ0n) is 12.0. The first-order chi connectivity index (χ1) is 9.45. The van der Waals surface area contributed by atoms with E-state index < -0.39 is 16.6 Å². The third-order valence-corrected chi connectivity index (χ3v) is 3.64. The number of hydrogen-bond donors (Lipinski definition) is 2. The number of halogens is 1. The summed E-state index contributed by atoms with van der Waals surface area (Å²) in [6, 6.07) is 4.31. The van der Waals surface area contributed by atoms with E-state index in [9.17, 15) is 13.4 Å². The molecule has 0 spiro atoms. The zero-order valence-corrected chi connectivity index (χ0v) is 12.8. The van der Waals surface area contributed by atoms with Crippen LogP contribution in [0.25, 0.3) is 0 Å². The van der Waals surface area contributed by atoms with Crippen molar-refractivity contribution in [3.05, 3.63) is 29.6 Å². The first kappa shape index (κ1) is 16.6. The van der Waals surface area contributed by atoms with Crippen molar-refractivity contribution < 1.29 is 13.4 Å². The molecule has 0 aliphatic rings. The zero-order chi connectivity index (χ0) is 15.1. The second kappa shape index (κ2) is 7.99. The Morgan fingerprint density at radius 1 is 1.45 bits per heavy atom. The van der Waals surface area contributed by atoms with Gasteiger partial charge < -0.3 is 10.6 Å². The van der Waals surface area contributed by atoms with Crippen molar-refractivity contribution in [2.24, 2.45) is 0 Å². The molecule has 1 rings (SSSR count). The van der Waals surface area contributed by atoms with Gasteiger partial charge in [0.15, 0.2) is 0 Å². The van der Waals surface area contributed by atoms with Gasteiger partial charge in [-0.2, -0.15) is 0 Å². The molecule has 0 fully saturated rings. The molecule has 0 aliphatic carbocycles. The number of para-hydroxylation sites is 1. The SMILES string of the molecule is CCNc1c(F)cccc1C(=O)NC(C)CCS(C)=O. The maximum atomic E-state index is 13.7. The fraction of sp³-hybridized carbons (Fsp3) is 0.500. The Hall–Kier alpha value is -1.43. The first-order valence-electron chi connectivity index (χ1n) is 6.59. The van der Waals surface area contributed by atoms with Crippen LogP contribution < -0.4 is 10.6 Å². The Morgan fingerprint density at radius 3 is 2.75 bits per heavy atom. The molecule has 1 amide bonds. The smallest absolute Gasteiger partial charge is 0.253 e. The van der Waals surface area contributed by atoms with Gasteiger partial charge in [0.25, 0.3) is 5.91 Å². The highest BCUT2D eigenvalue weighted by atomic mass is 32.2. The van der Waals surface area contributed by atoms with E-state index in [1.54, 1.807) is 12.3 Å². The minimum absolute atomic E-state index is 0.107. The van der Waals surface area contributed by atoms with Gasteiger partial charge in [-0.05, 0) is 32.4 Å². The van der Waals surface area contributed by atoms with Gasteiger partial charge in [0.2, 0.25) is 0 Å². The Bertz CT molecular complexity index is 494. The molecular formula is C14H21FN2O2S. The summed E-state index contributed by atoms with van der Waals surface area (Å²) in [7, 11) is -0.880. The Kier molecular flexibility index (Phi) is 6.64. The lowest BCUT2D eigenvalue weighted by Gasteiger charge is -2.16. The third kappa shape index (κ3) is 4.92. The molecule has 2 atom stereocenters. The van der Waals surface area contributed by atoms with Crippen LogP contribution in [-0.2, 0) is 10.8 Å². The molecule has 4 nitrogen and oxygen atoms in total. The lowest BCUT2D eigenvalue weighted by atomic mass is 10.1. The van der Waals surface area contributed by atoms with E-state index >= 15 is 0 Å². The Morgan fingerprint density at radius 2 is 2.15 bits per heavy atom. The minimum Gasteiger partial charge on any atom is -0.382 e. The summed E-state index contributed by atoms with van der Waals surface area (Å²) in [5, 5.41) is 5.66. The second-order valence-corrected chi connectivity index (χ2v) is 6.19. The largest absolute Gasteiger partial charge is 0.382 e. The summed E-state index contributed by atoms with van der Waals surface area (Å²) in [5.41, 5.74) is 0.509. The van der Waals surface area contributed by atoms with Crippen LogP contribution in [0.1, 0.15) is 30.6 Å². The second-order valence-electron chi connectivity index (χ2n) is 4.63. The number of anilines is 1. The maximum Gasteiger partial charge on any atom is 0.253 e. The molecule has 20 heavy (non-hydrogen) atoms. The Balaban J connectivity index is 2.76. The van der Waals surface area contributed by atoms with Crippen molar-refractivity contribution in [1.29, 1.82) is 0 Å². The molecule has 2 unspecified atom stereocenters. The van der Waals surface area contributed by atoms with Crippen molar-refractivity contribution in [2.45, 2.75) is 26.3 Å². The summed E-state index contributed by atoms with van der Waals surface area (Å²) in [6.07, 6.45) is 2.26. The van der Waals surface area contributed by atoms with Crippen molar-refractivity contribution in [3.63, 3.8) is 0 Å². The normalized spacial score (nSPS) is 13.6. The maximum absolute atomic E-state index is 13.7. The van der Waals surface area contributed by atoms with Crippen LogP contribution in [-0.4, -0.2) is 34.7 Å². The number of carbonyl (C=O) groups is 1. The van der Waals surface area contributed by atoms with Crippen molar-refractivity contribution in [1.82, 2.24) is 5.32 Å². The van der Waals surface area contributed by atoms with Crippen LogP contribution in [0.5, 0.6) is 0 Å². The number of carbonyl (C=O) groups excluding carboxylic acids is 1. The molecule has 1 aromatic rings. The first-order valence-corrected chi connectivity index (χ1v) is 8.31. The Labute approximate surface area is 121 Å². The molecule has 6 heteroatoms. The monoisotopic (exact) mass is 300 g/mol. The van der Waals surface area contributed by atoms with Crippen LogP contribution in [0.15, 0.2) is 18.2 Å². The molecule has 0 radical (unpaired) electrons. The van der Waals surface area contributed by atoms with E-state index in [-0.39, 0.29) is 23.2 Å². The quantitative estimate of drug-likeness (QED) is 0.811. The molecular weight excluding hydrogens is 279 g/mol. The van der Waals surface area contributed by atoms with E-state index in [0.717, 1.165) is 0 Å². The van der Waals surface area contributed by atoms with Crippen LogP contribution in [0.3, 0.4) is 0 Å². The molecule has 0 heterocycles. The molecule has 0 saturated carbocycles. The molecule has 1 aromatic carbocycles. The van der Waals surface area contributed by atoms with Gasteiger partial charge >= 0.3 is 0 Å². The summed E-state index contributed by atoms with van der Waals surface area (Å²) in [5.74, 6) is -0.235. The molecule has 2 N–H and O–H groups in total. The molecule has 0 bridgehead atoms. The summed E-state index contributed by atoms with van der Waals surface area (Å²) >= 11 is 0. The van der Waals surface area contributed by atoms with Crippen molar-refractivity contribution in [3.8, 4) is 0 Å². The van der Waals surface area contributed by atoms with E-state index in [1.807, 2.05) is 13.8 Å². The topological polar surface area (TPSA) is 58.2 Å². The van der Waals surface area contributed by atoms with Gasteiger partial charge in [-0.15, -0.1) is 0 Å². The highest BCUT2D eigenvalue weighted by Gasteiger charge is 2.16. The predicted octanol–water partition coefficient (Wildman–Crippen LogP) is 2.14. The van der Waals surface area contributed by atoms with E-state index in [4.69, 9.17) is 0 Å². The van der Waals surface area contributed by atoms with Gasteiger partial charge in [0.1, 0.15) is 5.82 Å². The van der Waals surface area contributed by atoms with Crippen LogP contribution in [0.2, 0.25) is 0 Å². The lowest BCUT2D eigenvalue weighted by Crippen LogP contribution is -2.34. The number of rotatable bonds is 7. The van der Waals surface area contributed by atoms with Gasteiger partial charge in [0, 0.05) is 35.4 Å². The average Bonchev–Trinajstić information content (AvgIpc) is 2.38. The van der Waals surface area contributed by atoms with Crippen LogP contribution in [0, 0.1) is 5.82 Å². The van der Waals surface area contributed by atoms with Gasteiger partial charge in [0.05, 0.1) is 11.3 Å². The molecule has 0 aliphatic heterocycles. The standard InChI is InChI=1S/C14H21FN2O2S/c1-4-16-13-11(6-5-7-12(13)15)14(18)17-10(2)8-9-20(3)19/h5-7,10,16H,4,8-9H2,1-3H3,(H,17,18). The number of benzene rings is 1. The number of hydrogen-bond acceptors (Lipinski definition) is 3. The van der Waals surface area contributed by atoms with Crippen molar-refractivity contribution >= 4 is 22.4 Å². The minimum atomic E-state index is -0.880. The van der Waals surface area contributed by atoms with E-state index in [0.29, 0.717) is 18.7 Å². The summed E-state index contributed by atoms with van der Waals surface area (Å²) in [6.45, 7) is 4.22. The number of amides is 1. The predicted molar refractivity (Wildman–Crippen MR) is 81.0 cm³/mol. The van der Waals surface area contributed by atoms with Gasteiger partial charge in [-0.1, -0.05) is 6.07 Å². The molecule has 112 valence electrons. The van der Waals surface area contributed by atoms with Crippen molar-refractivity contribution in [2.75, 3.05) is 23.9 Å². The molecule has 0 saturated heterocycles. The summed E-state index contributed by atoms with van der Waals surface area (Å²) in [4.78, 5) is 12.2. The highest BCUT2D eigenvalue weighted by Crippen LogP contribution is 2.19. The van der Waals surface area contributed by atoms with Crippen LogP contribution in [0.4, 0.5) is 10.1 Å². The number of nitrogens with one attached hydrogen (secondary N) is 2. The lowest BCUT2D eigenvalue weighted by molar-refractivity contribution is 0.0940. The van der Waals surface area contributed by atoms with E-state index in [1.165, 1.54) is 12.1 Å². The van der Waals surface area contributed by atoms with Gasteiger partial charge in [-0.25, -0.2) is 4.39 Å². The highest BCUT2D eigenvalue weighted by molar-refractivity contribution is 7.84. The fourth-order valence-corrected chi connectivity index (χ4v) is 2.47. The van der Waals surface area contributed by atoms with E-state index in [2.05, 4.69) is 10.6 Å². The third-order valence-electron chi connectivity index (χ3n) is 2.83. The summed E-state index contributed by atoms with van der Waals surface area (Å²) < 4.78 is 24.7. The van der Waals surface area contributed by atoms with Gasteiger partial charge in [-0.3, -0.25) is 9.00 Å². The average molecular weight is 300 g/mol.